The molecule has 0 fully saturated rings. The van der Waals surface area contributed by atoms with E-state index in [0.29, 0.717) is 19.3 Å². The quantitative estimate of drug-likeness (QED) is 0.640. The maximum Gasteiger partial charge on any atom is 0.411 e. The van der Waals surface area contributed by atoms with Gasteiger partial charge in [0.1, 0.15) is 18.7 Å². The lowest BCUT2D eigenvalue weighted by atomic mass is 9.93. The molecule has 1 aliphatic rings. The molecule has 3 N–H and O–H groups in total. The summed E-state index contributed by atoms with van der Waals surface area (Å²) in [7, 11) is 0. The number of allylic oxidation sites excluding steroid dienone is 1. The van der Waals surface area contributed by atoms with E-state index in [2.05, 4.69) is 11.9 Å². The van der Waals surface area contributed by atoms with Crippen LogP contribution in [0.3, 0.4) is 0 Å². The van der Waals surface area contributed by atoms with Crippen LogP contribution in [0.4, 0.5) is 4.79 Å². The van der Waals surface area contributed by atoms with Gasteiger partial charge in [0, 0.05) is 6.42 Å². The molecular formula is C24H27N3O4. The number of ether oxygens (including phenoxy) is 1. The monoisotopic (exact) mass is 421 g/mol. The zero-order valence-electron chi connectivity index (χ0n) is 17.3. The highest BCUT2D eigenvalue weighted by molar-refractivity contribution is 5.91. The Morgan fingerprint density at radius 3 is 2.48 bits per heavy atom. The highest BCUT2D eigenvalue weighted by Gasteiger charge is 2.36. The second-order valence-electron chi connectivity index (χ2n) is 7.49. The number of nitrogens with one attached hydrogen (secondary N) is 1. The van der Waals surface area contributed by atoms with Crippen molar-refractivity contribution in [3.63, 3.8) is 0 Å². The largest absolute Gasteiger partial charge is 0.445 e. The van der Waals surface area contributed by atoms with Crippen molar-refractivity contribution < 1.29 is 19.1 Å². The van der Waals surface area contributed by atoms with Crippen molar-refractivity contribution in [2.75, 3.05) is 0 Å². The lowest BCUT2D eigenvalue weighted by molar-refractivity contribution is -0.131. The van der Waals surface area contributed by atoms with Gasteiger partial charge in [-0.3, -0.25) is 14.5 Å². The summed E-state index contributed by atoms with van der Waals surface area (Å²) in [5, 5.41) is 2.70. The lowest BCUT2D eigenvalue weighted by Crippen LogP contribution is -2.56. The highest BCUT2D eigenvalue weighted by atomic mass is 16.6. The Morgan fingerprint density at radius 1 is 1.13 bits per heavy atom. The van der Waals surface area contributed by atoms with Gasteiger partial charge in [-0.05, 0) is 29.5 Å². The molecule has 2 atom stereocenters. The molecule has 0 spiro atoms. The smallest absolute Gasteiger partial charge is 0.411 e. The minimum absolute atomic E-state index is 0.107. The van der Waals surface area contributed by atoms with E-state index in [0.717, 1.165) is 16.7 Å². The second kappa shape index (κ2) is 10.4. The molecule has 162 valence electrons. The summed E-state index contributed by atoms with van der Waals surface area (Å²) < 4.78 is 5.48. The van der Waals surface area contributed by atoms with Crippen LogP contribution in [0.25, 0.3) is 0 Å². The third kappa shape index (κ3) is 5.72. The number of primary amides is 1. The Bertz CT molecular complexity index is 945. The van der Waals surface area contributed by atoms with Gasteiger partial charge in [-0.1, -0.05) is 60.7 Å². The first kappa shape index (κ1) is 22.1. The highest BCUT2D eigenvalue weighted by Crippen LogP contribution is 2.24. The number of nitrogens with two attached hydrogens (primary N) is 1. The van der Waals surface area contributed by atoms with E-state index in [4.69, 9.17) is 10.5 Å². The van der Waals surface area contributed by atoms with E-state index >= 15 is 0 Å². The van der Waals surface area contributed by atoms with Crippen LogP contribution in [0.2, 0.25) is 0 Å². The van der Waals surface area contributed by atoms with Gasteiger partial charge < -0.3 is 15.8 Å². The average molecular weight is 421 g/mol. The SMILES string of the molecule is C=CCC[C@@H](NC(=O)[C@@H]1Cc2ccccc2CN1C(=O)OCc1ccccc1)C(N)=O. The van der Waals surface area contributed by atoms with Crippen LogP contribution in [0, 0.1) is 0 Å². The number of amides is 3. The van der Waals surface area contributed by atoms with Crippen molar-refractivity contribution in [2.45, 2.75) is 44.5 Å². The van der Waals surface area contributed by atoms with Crippen LogP contribution in [-0.4, -0.2) is 34.9 Å². The van der Waals surface area contributed by atoms with Crippen molar-refractivity contribution in [1.29, 1.82) is 0 Å². The molecule has 0 saturated heterocycles. The van der Waals surface area contributed by atoms with Crippen molar-refractivity contribution in [1.82, 2.24) is 10.2 Å². The normalized spacial score (nSPS) is 16.0. The fourth-order valence-corrected chi connectivity index (χ4v) is 3.59. The van der Waals surface area contributed by atoms with Crippen LogP contribution in [0.15, 0.2) is 67.3 Å². The first-order valence-electron chi connectivity index (χ1n) is 10.2. The molecule has 3 amide bonds. The van der Waals surface area contributed by atoms with Gasteiger partial charge >= 0.3 is 6.09 Å². The van der Waals surface area contributed by atoms with E-state index in [1.54, 1.807) is 6.08 Å². The lowest BCUT2D eigenvalue weighted by Gasteiger charge is -2.35. The standard InChI is InChI=1S/C24H27N3O4/c1-2-3-13-20(22(25)28)26-23(29)21-14-18-11-7-8-12-19(18)15-27(21)24(30)31-16-17-9-5-4-6-10-17/h2,4-12,20-21H,1,3,13-16H2,(H2,25,28)(H,26,29)/t20-,21+/m1/s1. The fourth-order valence-electron chi connectivity index (χ4n) is 3.59. The van der Waals surface area contributed by atoms with Gasteiger partial charge in [0.2, 0.25) is 11.8 Å². The van der Waals surface area contributed by atoms with E-state index in [1.165, 1.54) is 4.90 Å². The Hall–Kier alpha value is -3.61. The second-order valence-corrected chi connectivity index (χ2v) is 7.49. The minimum Gasteiger partial charge on any atom is -0.445 e. The Balaban J connectivity index is 1.77. The van der Waals surface area contributed by atoms with Crippen LogP contribution < -0.4 is 11.1 Å². The first-order valence-corrected chi connectivity index (χ1v) is 10.2. The Morgan fingerprint density at radius 2 is 1.81 bits per heavy atom. The summed E-state index contributed by atoms with van der Waals surface area (Å²) >= 11 is 0. The van der Waals surface area contributed by atoms with Crippen molar-refractivity contribution in [2.24, 2.45) is 5.73 Å². The Labute approximate surface area is 181 Å². The summed E-state index contributed by atoms with van der Waals surface area (Å²) in [5.74, 6) is -1.05. The topological polar surface area (TPSA) is 102 Å². The van der Waals surface area contributed by atoms with E-state index in [-0.39, 0.29) is 13.2 Å². The van der Waals surface area contributed by atoms with Gasteiger partial charge in [-0.15, -0.1) is 6.58 Å². The molecule has 1 heterocycles. The average Bonchev–Trinajstić information content (AvgIpc) is 2.79. The molecule has 7 heteroatoms. The third-order valence-electron chi connectivity index (χ3n) is 5.31. The molecule has 0 radical (unpaired) electrons. The number of carbonyl (C=O) groups excluding carboxylic acids is 3. The van der Waals surface area contributed by atoms with E-state index in [1.807, 2.05) is 54.6 Å². The molecule has 0 unspecified atom stereocenters. The van der Waals surface area contributed by atoms with Crippen LogP contribution >= 0.6 is 0 Å². The summed E-state index contributed by atoms with van der Waals surface area (Å²) in [4.78, 5) is 39.2. The van der Waals surface area contributed by atoms with Crippen molar-refractivity contribution in [3.05, 3.63) is 83.9 Å². The molecule has 0 aromatic heterocycles. The van der Waals surface area contributed by atoms with Gasteiger partial charge in [0.25, 0.3) is 0 Å². The number of hydrogen-bond donors (Lipinski definition) is 2. The zero-order valence-corrected chi connectivity index (χ0v) is 17.3. The first-order chi connectivity index (χ1) is 15.0. The van der Waals surface area contributed by atoms with Crippen molar-refractivity contribution >= 4 is 17.9 Å². The molecule has 2 aromatic carbocycles. The van der Waals surface area contributed by atoms with Gasteiger partial charge in [-0.25, -0.2) is 4.79 Å². The zero-order chi connectivity index (χ0) is 22.2. The number of fused-ring (bicyclic) bond motifs is 1. The molecule has 0 saturated carbocycles. The van der Waals surface area contributed by atoms with Gasteiger partial charge in [0.15, 0.2) is 0 Å². The number of hydrogen-bond acceptors (Lipinski definition) is 4. The van der Waals surface area contributed by atoms with E-state index in [9.17, 15) is 14.4 Å². The number of benzene rings is 2. The molecule has 3 rings (SSSR count). The van der Waals surface area contributed by atoms with E-state index < -0.39 is 30.0 Å². The molecular weight excluding hydrogens is 394 g/mol. The minimum atomic E-state index is -0.829. The molecule has 31 heavy (non-hydrogen) atoms. The van der Waals surface area contributed by atoms with Crippen LogP contribution in [-0.2, 0) is 33.9 Å². The number of rotatable bonds is 8. The third-order valence-corrected chi connectivity index (χ3v) is 5.31. The summed E-state index contributed by atoms with van der Waals surface area (Å²) in [6, 6.07) is 15.4. The van der Waals surface area contributed by atoms with Crippen LogP contribution in [0.1, 0.15) is 29.5 Å². The predicted molar refractivity (Wildman–Crippen MR) is 117 cm³/mol. The van der Waals surface area contributed by atoms with Crippen LogP contribution in [0.5, 0.6) is 0 Å². The molecule has 7 nitrogen and oxygen atoms in total. The maximum atomic E-state index is 13.1. The molecule has 0 bridgehead atoms. The summed E-state index contributed by atoms with van der Waals surface area (Å²) in [5.41, 5.74) is 8.24. The number of nitrogens with zero attached hydrogens (tertiary/aromatic N) is 1. The molecule has 2 aromatic rings. The summed E-state index contributed by atoms with van der Waals surface area (Å²) in [6.45, 7) is 3.98. The van der Waals surface area contributed by atoms with Gasteiger partial charge in [0.05, 0.1) is 6.54 Å². The van der Waals surface area contributed by atoms with Crippen molar-refractivity contribution in [3.8, 4) is 0 Å². The molecule has 1 aliphatic heterocycles. The van der Waals surface area contributed by atoms with Gasteiger partial charge in [-0.2, -0.15) is 0 Å². The maximum absolute atomic E-state index is 13.1. The Kier molecular flexibility index (Phi) is 7.43. The number of carbonyl (C=O) groups is 3. The summed E-state index contributed by atoms with van der Waals surface area (Å²) in [6.07, 6.45) is 2.29. The molecule has 0 aliphatic carbocycles. The fraction of sp³-hybridized carbons (Fsp3) is 0.292. The predicted octanol–water partition coefficient (Wildman–Crippen LogP) is 2.69.